The summed E-state index contributed by atoms with van der Waals surface area (Å²) in [5.41, 5.74) is 0.280. The van der Waals surface area contributed by atoms with Crippen molar-refractivity contribution in [2.75, 3.05) is 0 Å². The summed E-state index contributed by atoms with van der Waals surface area (Å²) in [6, 6.07) is 0. The van der Waals surface area contributed by atoms with Gasteiger partial charge < -0.3 is 0 Å². The topological polar surface area (TPSA) is 17.1 Å². The molecule has 1 nitrogen and oxygen atoms in total. The molecule has 15 heavy (non-hydrogen) atoms. The van der Waals surface area contributed by atoms with Crippen molar-refractivity contribution in [1.29, 1.82) is 0 Å². The van der Waals surface area contributed by atoms with Crippen LogP contribution in [0.3, 0.4) is 0 Å². The number of hydrogen-bond acceptors (Lipinski definition) is 1. The molecule has 3 rings (SSSR count). The van der Waals surface area contributed by atoms with Crippen molar-refractivity contribution in [2.45, 2.75) is 65.7 Å². The summed E-state index contributed by atoms with van der Waals surface area (Å²) in [5.74, 6) is 1.52. The minimum absolute atomic E-state index is 0.113. The maximum atomic E-state index is 12.4. The van der Waals surface area contributed by atoms with E-state index in [1.54, 1.807) is 0 Å². The van der Waals surface area contributed by atoms with Crippen LogP contribution >= 0.6 is 0 Å². The minimum atomic E-state index is 0.113. The molecule has 0 aromatic carbocycles. The van der Waals surface area contributed by atoms with Gasteiger partial charge in [0, 0.05) is 11.8 Å². The lowest BCUT2D eigenvalue weighted by Crippen LogP contribution is -2.41. The van der Waals surface area contributed by atoms with Crippen molar-refractivity contribution in [3.8, 4) is 0 Å². The van der Waals surface area contributed by atoms with Gasteiger partial charge in [0.15, 0.2) is 0 Å². The first-order chi connectivity index (χ1) is 6.91. The van der Waals surface area contributed by atoms with E-state index in [1.165, 1.54) is 38.5 Å². The SMILES string of the molecule is CC(C)(C)CC(=O)C12CCC(CC1)CC2. The van der Waals surface area contributed by atoms with Gasteiger partial charge in [-0.05, 0) is 49.9 Å². The molecule has 0 radical (unpaired) electrons. The molecule has 0 amide bonds. The molecule has 0 aromatic heterocycles. The van der Waals surface area contributed by atoms with Gasteiger partial charge in [0.1, 0.15) is 5.78 Å². The van der Waals surface area contributed by atoms with E-state index in [1.807, 2.05) is 0 Å². The number of carbonyl (C=O) groups excluding carboxylic acids is 1. The first kappa shape index (κ1) is 11.2. The molecule has 0 N–H and O–H groups in total. The van der Waals surface area contributed by atoms with Gasteiger partial charge in [-0.15, -0.1) is 0 Å². The van der Waals surface area contributed by atoms with Crippen LogP contribution < -0.4 is 0 Å². The van der Waals surface area contributed by atoms with Crippen molar-refractivity contribution in [1.82, 2.24) is 0 Å². The van der Waals surface area contributed by atoms with Crippen LogP contribution in [0.5, 0.6) is 0 Å². The highest BCUT2D eigenvalue weighted by atomic mass is 16.1. The van der Waals surface area contributed by atoms with Crippen molar-refractivity contribution in [3.05, 3.63) is 0 Å². The molecule has 0 heterocycles. The molecule has 3 aliphatic carbocycles. The standard InChI is InChI=1S/C14H24O/c1-13(2,3)10-12(15)14-7-4-11(5-8-14)6-9-14/h11H,4-10H2,1-3H3. The highest BCUT2D eigenvalue weighted by Gasteiger charge is 2.45. The molecule has 2 bridgehead atoms. The van der Waals surface area contributed by atoms with Gasteiger partial charge in [-0.25, -0.2) is 0 Å². The van der Waals surface area contributed by atoms with Gasteiger partial charge in [0.05, 0.1) is 0 Å². The summed E-state index contributed by atoms with van der Waals surface area (Å²) in [7, 11) is 0. The molecule has 0 aliphatic heterocycles. The van der Waals surface area contributed by atoms with Crippen LogP contribution in [0.2, 0.25) is 0 Å². The zero-order valence-corrected chi connectivity index (χ0v) is 10.4. The zero-order valence-electron chi connectivity index (χ0n) is 10.4. The highest BCUT2D eigenvalue weighted by Crippen LogP contribution is 2.51. The number of fused-ring (bicyclic) bond motifs is 3. The second kappa shape index (κ2) is 3.61. The molecule has 0 spiro atoms. The van der Waals surface area contributed by atoms with Gasteiger partial charge in [-0.1, -0.05) is 20.8 Å². The fourth-order valence-electron chi connectivity index (χ4n) is 3.34. The molecule has 1 heteroatoms. The van der Waals surface area contributed by atoms with E-state index in [4.69, 9.17) is 0 Å². The summed E-state index contributed by atoms with van der Waals surface area (Å²) in [6.45, 7) is 6.53. The van der Waals surface area contributed by atoms with Gasteiger partial charge in [0.25, 0.3) is 0 Å². The average Bonchev–Trinajstić information content (AvgIpc) is 2.18. The Labute approximate surface area is 93.6 Å². The summed E-state index contributed by atoms with van der Waals surface area (Å²) >= 11 is 0. The quantitative estimate of drug-likeness (QED) is 0.671. The predicted molar refractivity (Wildman–Crippen MR) is 62.7 cm³/mol. The van der Waals surface area contributed by atoms with Crippen LogP contribution in [0.1, 0.15) is 65.7 Å². The Morgan fingerprint density at radius 1 is 1.13 bits per heavy atom. The van der Waals surface area contributed by atoms with Gasteiger partial charge in [-0.3, -0.25) is 4.79 Å². The summed E-state index contributed by atoms with van der Waals surface area (Å²) in [5, 5.41) is 0. The van der Waals surface area contributed by atoms with Crippen LogP contribution in [0, 0.1) is 16.7 Å². The van der Waals surface area contributed by atoms with E-state index in [0.29, 0.717) is 5.78 Å². The van der Waals surface area contributed by atoms with Crippen molar-refractivity contribution >= 4 is 5.78 Å². The normalized spacial score (nSPS) is 35.5. The Bertz CT molecular complexity index is 237. The fraction of sp³-hybridized carbons (Fsp3) is 0.929. The van der Waals surface area contributed by atoms with Gasteiger partial charge >= 0.3 is 0 Å². The van der Waals surface area contributed by atoms with E-state index in [2.05, 4.69) is 20.8 Å². The van der Waals surface area contributed by atoms with E-state index in [-0.39, 0.29) is 10.8 Å². The van der Waals surface area contributed by atoms with E-state index < -0.39 is 0 Å². The summed E-state index contributed by atoms with van der Waals surface area (Å²) in [4.78, 5) is 12.4. The first-order valence-electron chi connectivity index (χ1n) is 6.45. The Hall–Kier alpha value is -0.330. The lowest BCUT2D eigenvalue weighted by molar-refractivity contribution is -0.136. The average molecular weight is 208 g/mol. The Morgan fingerprint density at radius 2 is 1.60 bits per heavy atom. The van der Waals surface area contributed by atoms with Crippen LogP contribution in [0.25, 0.3) is 0 Å². The first-order valence-corrected chi connectivity index (χ1v) is 6.45. The molecule has 0 atom stereocenters. The van der Waals surface area contributed by atoms with E-state index in [0.717, 1.165) is 12.3 Å². The van der Waals surface area contributed by atoms with Crippen molar-refractivity contribution in [3.63, 3.8) is 0 Å². The third-order valence-electron chi connectivity index (χ3n) is 4.38. The Morgan fingerprint density at radius 3 is 2.00 bits per heavy atom. The molecule has 0 unspecified atom stereocenters. The van der Waals surface area contributed by atoms with Crippen molar-refractivity contribution in [2.24, 2.45) is 16.7 Å². The van der Waals surface area contributed by atoms with Crippen LogP contribution in [-0.2, 0) is 4.79 Å². The zero-order chi connectivity index (χ0) is 11.1. The van der Waals surface area contributed by atoms with Crippen LogP contribution in [-0.4, -0.2) is 5.78 Å². The molecule has 0 saturated heterocycles. The maximum absolute atomic E-state index is 12.4. The Balaban J connectivity index is 2.05. The number of carbonyl (C=O) groups is 1. The summed E-state index contributed by atoms with van der Waals surface area (Å²) in [6.07, 6.45) is 8.28. The molecule has 86 valence electrons. The summed E-state index contributed by atoms with van der Waals surface area (Å²) < 4.78 is 0. The molecular weight excluding hydrogens is 184 g/mol. The van der Waals surface area contributed by atoms with Crippen molar-refractivity contribution < 1.29 is 4.79 Å². The molecule has 3 saturated carbocycles. The van der Waals surface area contributed by atoms with Crippen LogP contribution in [0.4, 0.5) is 0 Å². The lowest BCUT2D eigenvalue weighted by Gasteiger charge is -2.46. The second-order valence-corrected chi connectivity index (χ2v) is 6.92. The minimum Gasteiger partial charge on any atom is -0.299 e. The van der Waals surface area contributed by atoms with Gasteiger partial charge in [-0.2, -0.15) is 0 Å². The lowest BCUT2D eigenvalue weighted by atomic mass is 9.57. The molecule has 3 aliphatic rings. The van der Waals surface area contributed by atoms with E-state index in [9.17, 15) is 4.79 Å². The van der Waals surface area contributed by atoms with Crippen LogP contribution in [0.15, 0.2) is 0 Å². The highest BCUT2D eigenvalue weighted by molar-refractivity contribution is 5.85. The number of ketones is 1. The molecular formula is C14H24O. The third-order valence-corrected chi connectivity index (χ3v) is 4.38. The Kier molecular flexibility index (Phi) is 2.68. The largest absolute Gasteiger partial charge is 0.299 e. The molecule has 0 aromatic rings. The number of Topliss-reactive ketones (excluding diaryl/α,β-unsaturated/α-hetero) is 1. The fourth-order valence-corrected chi connectivity index (χ4v) is 3.34. The second-order valence-electron chi connectivity index (χ2n) is 6.92. The van der Waals surface area contributed by atoms with E-state index >= 15 is 0 Å². The van der Waals surface area contributed by atoms with Gasteiger partial charge in [0.2, 0.25) is 0 Å². The number of hydrogen-bond donors (Lipinski definition) is 0. The number of rotatable bonds is 2. The monoisotopic (exact) mass is 208 g/mol. The third kappa shape index (κ3) is 2.26. The predicted octanol–water partition coefficient (Wildman–Crippen LogP) is 3.96. The maximum Gasteiger partial charge on any atom is 0.139 e. The molecule has 3 fully saturated rings. The smallest absolute Gasteiger partial charge is 0.139 e.